The zero-order valence-electron chi connectivity index (χ0n) is 8.88. The summed E-state index contributed by atoms with van der Waals surface area (Å²) >= 11 is 0. The Morgan fingerprint density at radius 2 is 1.75 bits per heavy atom. The lowest BCUT2D eigenvalue weighted by molar-refractivity contribution is -0.132. The Morgan fingerprint density at radius 1 is 1.12 bits per heavy atom. The fourth-order valence-electron chi connectivity index (χ4n) is 1.78. The van der Waals surface area contributed by atoms with Crippen molar-refractivity contribution in [1.82, 2.24) is 0 Å². The minimum absolute atomic E-state index is 0.182. The molecule has 0 bridgehead atoms. The second-order valence-electron chi connectivity index (χ2n) is 3.92. The largest absolute Gasteiger partial charge is 0.384 e. The smallest absolute Gasteiger partial charge is 0.185 e. The van der Waals surface area contributed by atoms with E-state index in [1.807, 2.05) is 18.2 Å². The quantitative estimate of drug-likeness (QED) is 0.767. The molecule has 1 aliphatic rings. The molecule has 0 aromatic heterocycles. The first kappa shape index (κ1) is 10.8. The molecule has 82 valence electrons. The van der Waals surface area contributed by atoms with Gasteiger partial charge in [0.2, 0.25) is 0 Å². The minimum Gasteiger partial charge on any atom is -0.384 e. The highest BCUT2D eigenvalue weighted by molar-refractivity contribution is 6.29. The Hall–Kier alpha value is -1.74. The van der Waals surface area contributed by atoms with Crippen LogP contribution >= 0.6 is 0 Å². The van der Waals surface area contributed by atoms with Crippen LogP contribution in [0.25, 0.3) is 5.57 Å². The number of carbonyl (C=O) groups excluding carboxylic acids is 2. The van der Waals surface area contributed by atoms with E-state index in [4.69, 9.17) is 0 Å². The van der Waals surface area contributed by atoms with E-state index in [9.17, 15) is 14.7 Å². The normalized spacial score (nSPS) is 25.5. The molecular formula is C13H12O3. The van der Waals surface area contributed by atoms with Gasteiger partial charge in [-0.15, -0.1) is 0 Å². The Kier molecular flexibility index (Phi) is 2.71. The zero-order chi connectivity index (χ0) is 11.7. The van der Waals surface area contributed by atoms with Crippen LogP contribution in [0.4, 0.5) is 0 Å². The summed E-state index contributed by atoms with van der Waals surface area (Å²) in [5, 5.41) is 9.47. The number of aliphatic hydroxyl groups is 1. The van der Waals surface area contributed by atoms with Gasteiger partial charge < -0.3 is 5.11 Å². The van der Waals surface area contributed by atoms with Crippen molar-refractivity contribution >= 4 is 17.1 Å². The predicted molar refractivity (Wildman–Crippen MR) is 59.6 cm³/mol. The second-order valence-corrected chi connectivity index (χ2v) is 3.92. The van der Waals surface area contributed by atoms with Crippen molar-refractivity contribution < 1.29 is 14.7 Å². The first-order chi connectivity index (χ1) is 7.61. The van der Waals surface area contributed by atoms with Crippen LogP contribution in [0.1, 0.15) is 12.5 Å². The molecule has 0 unspecified atom stereocenters. The molecule has 16 heavy (non-hydrogen) atoms. The van der Waals surface area contributed by atoms with Crippen LogP contribution in [-0.2, 0) is 9.59 Å². The lowest BCUT2D eigenvalue weighted by Crippen LogP contribution is -2.36. The number of ketones is 2. The van der Waals surface area contributed by atoms with Crippen molar-refractivity contribution in [3.63, 3.8) is 0 Å². The van der Waals surface area contributed by atoms with E-state index >= 15 is 0 Å². The van der Waals surface area contributed by atoms with E-state index in [1.165, 1.54) is 6.08 Å². The first-order valence-electron chi connectivity index (χ1n) is 5.14. The number of aliphatic hydroxyl groups excluding tert-OH is 1. The Balaban J connectivity index is 2.46. The third kappa shape index (κ3) is 1.70. The number of Topliss-reactive ketones (excluding diaryl/α,β-unsaturated/α-hetero) is 1. The van der Waals surface area contributed by atoms with Gasteiger partial charge in [0.05, 0.1) is 5.92 Å². The highest BCUT2D eigenvalue weighted by Crippen LogP contribution is 2.26. The molecule has 0 radical (unpaired) electrons. The SMILES string of the molecule is C[C@@H]1C(=O)C(c2ccccc2)=CC(=O)[C@@H]1O. The molecule has 0 aliphatic heterocycles. The van der Waals surface area contributed by atoms with Gasteiger partial charge in [0, 0.05) is 5.57 Å². The van der Waals surface area contributed by atoms with E-state index in [0.29, 0.717) is 5.57 Å². The number of carbonyl (C=O) groups is 2. The molecule has 1 aromatic rings. The van der Waals surface area contributed by atoms with Crippen molar-refractivity contribution in [3.05, 3.63) is 42.0 Å². The first-order valence-corrected chi connectivity index (χ1v) is 5.14. The molecule has 2 atom stereocenters. The van der Waals surface area contributed by atoms with Crippen LogP contribution in [0, 0.1) is 5.92 Å². The number of hydrogen-bond acceptors (Lipinski definition) is 3. The van der Waals surface area contributed by atoms with E-state index in [0.717, 1.165) is 5.56 Å². The fourth-order valence-corrected chi connectivity index (χ4v) is 1.78. The average Bonchev–Trinajstić information content (AvgIpc) is 2.32. The van der Waals surface area contributed by atoms with Crippen molar-refractivity contribution in [2.24, 2.45) is 5.92 Å². The summed E-state index contributed by atoms with van der Waals surface area (Å²) in [4.78, 5) is 23.4. The number of rotatable bonds is 1. The van der Waals surface area contributed by atoms with E-state index in [2.05, 4.69) is 0 Å². The molecule has 0 amide bonds. The molecule has 0 fully saturated rings. The molecule has 3 nitrogen and oxygen atoms in total. The Morgan fingerprint density at radius 3 is 2.38 bits per heavy atom. The second kappa shape index (κ2) is 4.02. The molecule has 3 heteroatoms. The number of benzene rings is 1. The number of hydrogen-bond donors (Lipinski definition) is 1. The van der Waals surface area contributed by atoms with Gasteiger partial charge in [0.25, 0.3) is 0 Å². The zero-order valence-corrected chi connectivity index (χ0v) is 8.88. The maximum absolute atomic E-state index is 11.9. The van der Waals surface area contributed by atoms with E-state index in [-0.39, 0.29) is 5.78 Å². The maximum Gasteiger partial charge on any atom is 0.185 e. The molecule has 0 saturated carbocycles. The molecule has 1 aliphatic carbocycles. The lowest BCUT2D eigenvalue weighted by Gasteiger charge is -2.22. The molecule has 0 heterocycles. The van der Waals surface area contributed by atoms with Crippen molar-refractivity contribution in [2.75, 3.05) is 0 Å². The summed E-state index contributed by atoms with van der Waals surface area (Å²) in [5.74, 6) is -1.24. The molecular weight excluding hydrogens is 204 g/mol. The average molecular weight is 216 g/mol. The van der Waals surface area contributed by atoms with Gasteiger partial charge in [0.15, 0.2) is 11.6 Å². The summed E-state index contributed by atoms with van der Waals surface area (Å²) in [6.07, 6.45) is 0.0439. The summed E-state index contributed by atoms with van der Waals surface area (Å²) in [6, 6.07) is 9.02. The van der Waals surface area contributed by atoms with Crippen molar-refractivity contribution in [3.8, 4) is 0 Å². The summed E-state index contributed by atoms with van der Waals surface area (Å²) in [5.41, 5.74) is 1.11. The van der Waals surface area contributed by atoms with Gasteiger partial charge >= 0.3 is 0 Å². The van der Waals surface area contributed by atoms with Gasteiger partial charge in [-0.1, -0.05) is 37.3 Å². The summed E-state index contributed by atoms with van der Waals surface area (Å²) in [6.45, 7) is 1.57. The topological polar surface area (TPSA) is 54.4 Å². The molecule has 1 N–H and O–H groups in total. The molecule has 1 aromatic carbocycles. The van der Waals surface area contributed by atoms with Crippen molar-refractivity contribution in [1.29, 1.82) is 0 Å². The van der Waals surface area contributed by atoms with Crippen LogP contribution < -0.4 is 0 Å². The lowest BCUT2D eigenvalue weighted by atomic mass is 9.83. The molecule has 0 saturated heterocycles. The third-order valence-corrected chi connectivity index (χ3v) is 2.82. The summed E-state index contributed by atoms with van der Waals surface area (Å²) in [7, 11) is 0. The van der Waals surface area contributed by atoms with E-state index in [1.54, 1.807) is 19.1 Å². The van der Waals surface area contributed by atoms with Gasteiger partial charge in [-0.25, -0.2) is 0 Å². The standard InChI is InChI=1S/C13H12O3/c1-8-12(15)10(7-11(14)13(8)16)9-5-3-2-4-6-9/h2-8,13,16H,1H3/t8-,13-/m1/s1. The van der Waals surface area contributed by atoms with Crippen LogP contribution in [0.3, 0.4) is 0 Å². The monoisotopic (exact) mass is 216 g/mol. The highest BCUT2D eigenvalue weighted by atomic mass is 16.3. The highest BCUT2D eigenvalue weighted by Gasteiger charge is 2.34. The number of allylic oxidation sites excluding steroid dienone is 1. The third-order valence-electron chi connectivity index (χ3n) is 2.82. The van der Waals surface area contributed by atoms with Gasteiger partial charge in [-0.2, -0.15) is 0 Å². The molecule has 2 rings (SSSR count). The maximum atomic E-state index is 11.9. The minimum atomic E-state index is -1.19. The Bertz CT molecular complexity index is 459. The van der Waals surface area contributed by atoms with Crippen LogP contribution in [0.2, 0.25) is 0 Å². The summed E-state index contributed by atoms with van der Waals surface area (Å²) < 4.78 is 0. The van der Waals surface area contributed by atoms with Crippen LogP contribution in [-0.4, -0.2) is 22.8 Å². The van der Waals surface area contributed by atoms with Crippen molar-refractivity contribution in [2.45, 2.75) is 13.0 Å². The fraction of sp³-hybridized carbons (Fsp3) is 0.231. The van der Waals surface area contributed by atoms with Crippen LogP contribution in [0.5, 0.6) is 0 Å². The van der Waals surface area contributed by atoms with Gasteiger partial charge in [-0.05, 0) is 11.6 Å². The Labute approximate surface area is 93.4 Å². The molecule has 0 spiro atoms. The van der Waals surface area contributed by atoms with Crippen LogP contribution in [0.15, 0.2) is 36.4 Å². The van der Waals surface area contributed by atoms with E-state index < -0.39 is 17.8 Å². The van der Waals surface area contributed by atoms with Gasteiger partial charge in [0.1, 0.15) is 6.10 Å². The van der Waals surface area contributed by atoms with Gasteiger partial charge in [-0.3, -0.25) is 9.59 Å². The predicted octanol–water partition coefficient (Wildman–Crippen LogP) is 1.22.